The Hall–Kier alpha value is -2.56. The zero-order valence-corrected chi connectivity index (χ0v) is 13.1. The highest BCUT2D eigenvalue weighted by molar-refractivity contribution is 7.10. The van der Waals surface area contributed by atoms with Crippen molar-refractivity contribution in [1.29, 1.82) is 0 Å². The molecule has 2 aromatic carbocycles. The topological polar surface area (TPSA) is 46.0 Å². The lowest BCUT2D eigenvalue weighted by Crippen LogP contribution is -1.98. The van der Waals surface area contributed by atoms with E-state index < -0.39 is 6.10 Å². The lowest BCUT2D eigenvalue weighted by Gasteiger charge is -2.07. The number of para-hydroxylation sites is 1. The fourth-order valence-corrected chi connectivity index (χ4v) is 3.45. The largest absolute Gasteiger partial charge is 0.381 e. The van der Waals surface area contributed by atoms with Crippen LogP contribution >= 0.6 is 11.3 Å². The van der Waals surface area contributed by atoms with Crippen LogP contribution in [0.1, 0.15) is 16.7 Å². The Morgan fingerprint density at radius 3 is 2.61 bits per heavy atom. The number of fused-ring (bicyclic) bond motifs is 1. The summed E-state index contributed by atoms with van der Waals surface area (Å²) in [4.78, 5) is 9.11. The predicted octanol–water partition coefficient (Wildman–Crippen LogP) is 4.44. The lowest BCUT2D eigenvalue weighted by molar-refractivity contribution is 0.220. The molecule has 1 N–H and O–H groups in total. The zero-order chi connectivity index (χ0) is 15.6. The average molecular weight is 318 g/mol. The molecule has 0 saturated heterocycles. The van der Waals surface area contributed by atoms with E-state index >= 15 is 0 Å². The third-order valence-electron chi connectivity index (χ3n) is 3.78. The number of aromatic nitrogens is 2. The van der Waals surface area contributed by atoms with Gasteiger partial charge in [0.15, 0.2) is 0 Å². The molecule has 4 aromatic rings. The van der Waals surface area contributed by atoms with E-state index in [1.165, 1.54) is 11.3 Å². The van der Waals surface area contributed by atoms with Gasteiger partial charge in [0, 0.05) is 22.5 Å². The van der Waals surface area contributed by atoms with Crippen molar-refractivity contribution in [3.8, 4) is 11.3 Å². The summed E-state index contributed by atoms with van der Waals surface area (Å²) in [7, 11) is 0. The Kier molecular flexibility index (Phi) is 3.61. The number of hydrogen-bond donors (Lipinski definition) is 1. The Balaban J connectivity index is 1.75. The molecule has 0 spiro atoms. The lowest BCUT2D eigenvalue weighted by atomic mass is 10.1. The average Bonchev–Trinajstić information content (AvgIpc) is 3.11. The van der Waals surface area contributed by atoms with Gasteiger partial charge in [-0.1, -0.05) is 54.6 Å². The van der Waals surface area contributed by atoms with E-state index in [4.69, 9.17) is 0 Å². The van der Waals surface area contributed by atoms with Gasteiger partial charge < -0.3 is 5.11 Å². The molecule has 1 unspecified atom stereocenters. The molecule has 2 heterocycles. The minimum atomic E-state index is -0.696. The van der Waals surface area contributed by atoms with E-state index in [0.29, 0.717) is 5.01 Å². The standard InChI is InChI=1S/C19H14N2OS/c22-18(14-6-2-1-3-7-14)19-21-16(12-23-19)15-10-4-8-13-9-5-11-20-17(13)15/h1-12,18,22H. The van der Waals surface area contributed by atoms with E-state index in [-0.39, 0.29) is 0 Å². The molecule has 112 valence electrons. The SMILES string of the molecule is OC(c1ccccc1)c1nc(-c2cccc3cccnc23)cs1. The second-order valence-electron chi connectivity index (χ2n) is 5.26. The number of thiazole rings is 1. The molecule has 2 aromatic heterocycles. The number of aliphatic hydroxyl groups is 1. The van der Waals surface area contributed by atoms with Crippen LogP contribution in [0.25, 0.3) is 22.2 Å². The molecular formula is C19H14N2OS. The highest BCUT2D eigenvalue weighted by atomic mass is 32.1. The first kappa shape index (κ1) is 14.1. The highest BCUT2D eigenvalue weighted by Gasteiger charge is 2.16. The van der Waals surface area contributed by atoms with Crippen LogP contribution in [-0.4, -0.2) is 15.1 Å². The first-order valence-corrected chi connectivity index (χ1v) is 8.23. The molecule has 0 aliphatic heterocycles. The van der Waals surface area contributed by atoms with E-state index in [2.05, 4.69) is 9.97 Å². The van der Waals surface area contributed by atoms with Gasteiger partial charge in [0.25, 0.3) is 0 Å². The minimum Gasteiger partial charge on any atom is -0.381 e. The van der Waals surface area contributed by atoms with Gasteiger partial charge in [0.1, 0.15) is 11.1 Å². The Bertz CT molecular complexity index is 944. The van der Waals surface area contributed by atoms with E-state index in [0.717, 1.165) is 27.7 Å². The quantitative estimate of drug-likeness (QED) is 0.607. The third-order valence-corrected chi connectivity index (χ3v) is 4.68. The smallest absolute Gasteiger partial charge is 0.131 e. The first-order valence-electron chi connectivity index (χ1n) is 7.35. The van der Waals surface area contributed by atoms with Crippen molar-refractivity contribution in [2.24, 2.45) is 0 Å². The van der Waals surface area contributed by atoms with Crippen molar-refractivity contribution < 1.29 is 5.11 Å². The van der Waals surface area contributed by atoms with Crippen LogP contribution in [0, 0.1) is 0 Å². The fourth-order valence-electron chi connectivity index (χ4n) is 2.63. The molecule has 0 aliphatic carbocycles. The maximum Gasteiger partial charge on any atom is 0.131 e. The summed E-state index contributed by atoms with van der Waals surface area (Å²) in [6.07, 6.45) is 1.09. The van der Waals surface area contributed by atoms with Gasteiger partial charge >= 0.3 is 0 Å². The molecule has 4 rings (SSSR count). The monoisotopic (exact) mass is 318 g/mol. The van der Waals surface area contributed by atoms with Crippen LogP contribution in [0.4, 0.5) is 0 Å². The van der Waals surface area contributed by atoms with Gasteiger partial charge in [-0.25, -0.2) is 4.98 Å². The summed E-state index contributed by atoms with van der Waals surface area (Å²) in [6, 6.07) is 19.6. The van der Waals surface area contributed by atoms with Gasteiger partial charge in [-0.15, -0.1) is 11.3 Å². The number of rotatable bonds is 3. The summed E-state index contributed by atoms with van der Waals surface area (Å²) in [5.74, 6) is 0. The Morgan fingerprint density at radius 1 is 0.913 bits per heavy atom. The van der Waals surface area contributed by atoms with Crippen molar-refractivity contribution in [3.05, 3.63) is 82.8 Å². The van der Waals surface area contributed by atoms with E-state index in [1.54, 1.807) is 6.20 Å². The molecule has 4 heteroatoms. The fraction of sp³-hybridized carbons (Fsp3) is 0.0526. The van der Waals surface area contributed by atoms with Gasteiger partial charge in [-0.05, 0) is 11.6 Å². The zero-order valence-electron chi connectivity index (χ0n) is 12.3. The number of aliphatic hydroxyl groups excluding tert-OH is 1. The molecule has 1 atom stereocenters. The maximum atomic E-state index is 10.5. The van der Waals surface area contributed by atoms with Crippen LogP contribution in [-0.2, 0) is 0 Å². The van der Waals surface area contributed by atoms with Crippen molar-refractivity contribution in [2.45, 2.75) is 6.10 Å². The van der Waals surface area contributed by atoms with Crippen LogP contribution < -0.4 is 0 Å². The molecular weight excluding hydrogens is 304 g/mol. The van der Waals surface area contributed by atoms with E-state index in [9.17, 15) is 5.11 Å². The normalized spacial score (nSPS) is 12.4. The number of hydrogen-bond acceptors (Lipinski definition) is 4. The van der Waals surface area contributed by atoms with Crippen molar-refractivity contribution in [2.75, 3.05) is 0 Å². The van der Waals surface area contributed by atoms with Gasteiger partial charge in [-0.2, -0.15) is 0 Å². The first-order chi connectivity index (χ1) is 11.3. The van der Waals surface area contributed by atoms with E-state index in [1.807, 2.05) is 66.0 Å². The van der Waals surface area contributed by atoms with Crippen molar-refractivity contribution in [3.63, 3.8) is 0 Å². The molecule has 0 radical (unpaired) electrons. The Morgan fingerprint density at radius 2 is 1.74 bits per heavy atom. The Labute approximate surface area is 137 Å². The molecule has 0 bridgehead atoms. The second-order valence-corrected chi connectivity index (χ2v) is 6.15. The molecule has 3 nitrogen and oxygen atoms in total. The van der Waals surface area contributed by atoms with Crippen LogP contribution in [0.2, 0.25) is 0 Å². The second kappa shape index (κ2) is 5.91. The molecule has 23 heavy (non-hydrogen) atoms. The summed E-state index contributed by atoms with van der Waals surface area (Å²) in [5, 5.41) is 14.3. The van der Waals surface area contributed by atoms with Gasteiger partial charge in [0.05, 0.1) is 11.2 Å². The summed E-state index contributed by atoms with van der Waals surface area (Å²) < 4.78 is 0. The van der Waals surface area contributed by atoms with Crippen LogP contribution in [0.15, 0.2) is 72.2 Å². The number of pyridine rings is 1. The molecule has 0 aliphatic rings. The van der Waals surface area contributed by atoms with Gasteiger partial charge in [-0.3, -0.25) is 4.98 Å². The van der Waals surface area contributed by atoms with Crippen molar-refractivity contribution >= 4 is 22.2 Å². The molecule has 0 saturated carbocycles. The third kappa shape index (κ3) is 2.63. The highest BCUT2D eigenvalue weighted by Crippen LogP contribution is 2.31. The number of nitrogens with zero attached hydrogens (tertiary/aromatic N) is 2. The predicted molar refractivity (Wildman–Crippen MR) is 93.4 cm³/mol. The summed E-state index contributed by atoms with van der Waals surface area (Å²) >= 11 is 1.47. The summed E-state index contributed by atoms with van der Waals surface area (Å²) in [6.45, 7) is 0. The summed E-state index contributed by atoms with van der Waals surface area (Å²) in [5.41, 5.74) is 3.63. The van der Waals surface area contributed by atoms with Crippen LogP contribution in [0.5, 0.6) is 0 Å². The molecule has 0 fully saturated rings. The molecule has 0 amide bonds. The number of benzene rings is 2. The van der Waals surface area contributed by atoms with Crippen molar-refractivity contribution in [1.82, 2.24) is 9.97 Å². The van der Waals surface area contributed by atoms with Crippen LogP contribution in [0.3, 0.4) is 0 Å². The maximum absolute atomic E-state index is 10.5. The van der Waals surface area contributed by atoms with Gasteiger partial charge in [0.2, 0.25) is 0 Å². The minimum absolute atomic E-state index is 0.694.